The standard InChI is InChI=1S/C11H19NO/c1-4-5-6-10(12)11-7-8(2)9(3)13-11/h7,10H,4-6,12H2,1-3H3/t10-/m0/s1. The highest BCUT2D eigenvalue weighted by Crippen LogP contribution is 2.21. The quantitative estimate of drug-likeness (QED) is 0.775. The molecule has 1 aromatic heterocycles. The van der Waals surface area contributed by atoms with Gasteiger partial charge in [0, 0.05) is 0 Å². The Morgan fingerprint density at radius 1 is 1.46 bits per heavy atom. The van der Waals surface area contributed by atoms with E-state index < -0.39 is 0 Å². The first-order valence-corrected chi connectivity index (χ1v) is 4.97. The minimum absolute atomic E-state index is 0.0762. The molecule has 1 aromatic rings. The van der Waals surface area contributed by atoms with Crippen molar-refractivity contribution < 1.29 is 4.42 Å². The molecule has 0 radical (unpaired) electrons. The van der Waals surface area contributed by atoms with Crippen LogP contribution < -0.4 is 5.73 Å². The minimum atomic E-state index is 0.0762. The second-order valence-electron chi connectivity index (χ2n) is 3.64. The summed E-state index contributed by atoms with van der Waals surface area (Å²) in [7, 11) is 0. The molecule has 0 saturated carbocycles. The first-order valence-electron chi connectivity index (χ1n) is 4.97. The predicted molar refractivity (Wildman–Crippen MR) is 54.6 cm³/mol. The number of furan rings is 1. The van der Waals surface area contributed by atoms with E-state index in [1.54, 1.807) is 0 Å². The second kappa shape index (κ2) is 4.47. The highest BCUT2D eigenvalue weighted by Gasteiger charge is 2.11. The number of aryl methyl sites for hydroxylation is 2. The van der Waals surface area contributed by atoms with Gasteiger partial charge in [0.15, 0.2) is 0 Å². The van der Waals surface area contributed by atoms with Gasteiger partial charge in [0.25, 0.3) is 0 Å². The summed E-state index contributed by atoms with van der Waals surface area (Å²) in [4.78, 5) is 0. The molecule has 0 amide bonds. The molecule has 0 saturated heterocycles. The van der Waals surface area contributed by atoms with Gasteiger partial charge in [0.2, 0.25) is 0 Å². The van der Waals surface area contributed by atoms with E-state index in [2.05, 4.69) is 19.9 Å². The van der Waals surface area contributed by atoms with Crippen LogP contribution in [0.15, 0.2) is 10.5 Å². The molecule has 0 unspecified atom stereocenters. The van der Waals surface area contributed by atoms with Crippen LogP contribution in [0.2, 0.25) is 0 Å². The van der Waals surface area contributed by atoms with E-state index in [1.165, 1.54) is 18.4 Å². The van der Waals surface area contributed by atoms with Crippen LogP contribution >= 0.6 is 0 Å². The zero-order valence-electron chi connectivity index (χ0n) is 8.76. The number of rotatable bonds is 4. The summed E-state index contributed by atoms with van der Waals surface area (Å²) < 4.78 is 5.55. The highest BCUT2D eigenvalue weighted by atomic mass is 16.3. The Morgan fingerprint density at radius 2 is 2.15 bits per heavy atom. The van der Waals surface area contributed by atoms with Gasteiger partial charge in [-0.15, -0.1) is 0 Å². The van der Waals surface area contributed by atoms with Gasteiger partial charge in [-0.2, -0.15) is 0 Å². The molecule has 1 heterocycles. The Kier molecular flexibility index (Phi) is 3.55. The molecule has 0 spiro atoms. The third kappa shape index (κ3) is 2.59. The zero-order chi connectivity index (χ0) is 9.84. The predicted octanol–water partition coefficient (Wildman–Crippen LogP) is 3.09. The van der Waals surface area contributed by atoms with Crippen LogP contribution in [0.1, 0.15) is 49.3 Å². The third-order valence-corrected chi connectivity index (χ3v) is 2.42. The first kappa shape index (κ1) is 10.3. The van der Waals surface area contributed by atoms with Crippen molar-refractivity contribution in [2.24, 2.45) is 5.73 Å². The summed E-state index contributed by atoms with van der Waals surface area (Å²) in [5.74, 6) is 1.92. The van der Waals surface area contributed by atoms with Gasteiger partial charge in [-0.1, -0.05) is 19.8 Å². The fourth-order valence-corrected chi connectivity index (χ4v) is 1.35. The van der Waals surface area contributed by atoms with Crippen LogP contribution in [0, 0.1) is 13.8 Å². The number of nitrogens with two attached hydrogens (primary N) is 1. The van der Waals surface area contributed by atoms with Gasteiger partial charge in [0.05, 0.1) is 6.04 Å². The van der Waals surface area contributed by atoms with Crippen molar-refractivity contribution >= 4 is 0 Å². The molecular weight excluding hydrogens is 162 g/mol. The van der Waals surface area contributed by atoms with E-state index in [0.29, 0.717) is 0 Å². The van der Waals surface area contributed by atoms with Crippen LogP contribution in [0.25, 0.3) is 0 Å². The van der Waals surface area contributed by atoms with Crippen molar-refractivity contribution in [3.05, 3.63) is 23.2 Å². The molecule has 0 bridgehead atoms. The minimum Gasteiger partial charge on any atom is -0.464 e. The lowest BCUT2D eigenvalue weighted by Gasteiger charge is -2.06. The van der Waals surface area contributed by atoms with E-state index in [0.717, 1.165) is 17.9 Å². The molecule has 0 aliphatic rings. The van der Waals surface area contributed by atoms with Crippen molar-refractivity contribution in [1.82, 2.24) is 0 Å². The molecule has 0 aliphatic carbocycles. The van der Waals surface area contributed by atoms with Crippen LogP contribution in [0.5, 0.6) is 0 Å². The van der Waals surface area contributed by atoms with Gasteiger partial charge in [-0.25, -0.2) is 0 Å². The maximum atomic E-state index is 5.97. The zero-order valence-corrected chi connectivity index (χ0v) is 8.76. The maximum Gasteiger partial charge on any atom is 0.121 e. The molecule has 0 fully saturated rings. The molecule has 1 atom stereocenters. The van der Waals surface area contributed by atoms with Crippen LogP contribution in [0.3, 0.4) is 0 Å². The molecule has 1 rings (SSSR count). The smallest absolute Gasteiger partial charge is 0.121 e. The molecule has 2 nitrogen and oxygen atoms in total. The van der Waals surface area contributed by atoms with E-state index in [-0.39, 0.29) is 6.04 Å². The second-order valence-corrected chi connectivity index (χ2v) is 3.64. The van der Waals surface area contributed by atoms with Gasteiger partial charge in [-0.05, 0) is 31.9 Å². The lowest BCUT2D eigenvalue weighted by molar-refractivity contribution is 0.427. The Hall–Kier alpha value is -0.760. The van der Waals surface area contributed by atoms with Gasteiger partial charge in [-0.3, -0.25) is 0 Å². The Balaban J connectivity index is 2.60. The van der Waals surface area contributed by atoms with E-state index in [1.807, 2.05) is 6.92 Å². The van der Waals surface area contributed by atoms with E-state index in [4.69, 9.17) is 10.2 Å². The van der Waals surface area contributed by atoms with Crippen LogP contribution in [-0.2, 0) is 0 Å². The van der Waals surface area contributed by atoms with Gasteiger partial charge in [0.1, 0.15) is 11.5 Å². The fraction of sp³-hybridized carbons (Fsp3) is 0.636. The average Bonchev–Trinajstić information content (AvgIpc) is 2.43. The lowest BCUT2D eigenvalue weighted by Crippen LogP contribution is -2.08. The summed E-state index contributed by atoms with van der Waals surface area (Å²) in [5.41, 5.74) is 7.17. The molecule has 0 aromatic carbocycles. The van der Waals surface area contributed by atoms with E-state index >= 15 is 0 Å². The van der Waals surface area contributed by atoms with Crippen molar-refractivity contribution in [2.45, 2.75) is 46.1 Å². The Morgan fingerprint density at radius 3 is 2.62 bits per heavy atom. The summed E-state index contributed by atoms with van der Waals surface area (Å²) in [5, 5.41) is 0. The van der Waals surface area contributed by atoms with Crippen molar-refractivity contribution in [3.63, 3.8) is 0 Å². The van der Waals surface area contributed by atoms with Gasteiger partial charge < -0.3 is 10.2 Å². The molecule has 0 aliphatic heterocycles. The van der Waals surface area contributed by atoms with Crippen LogP contribution in [0.4, 0.5) is 0 Å². The first-order chi connectivity index (χ1) is 6.15. The van der Waals surface area contributed by atoms with Gasteiger partial charge >= 0.3 is 0 Å². The average molecular weight is 181 g/mol. The molecule has 2 heteroatoms. The largest absolute Gasteiger partial charge is 0.464 e. The van der Waals surface area contributed by atoms with E-state index in [9.17, 15) is 0 Å². The lowest BCUT2D eigenvalue weighted by atomic mass is 10.1. The number of hydrogen-bond donors (Lipinski definition) is 1. The molecule has 13 heavy (non-hydrogen) atoms. The van der Waals surface area contributed by atoms with Crippen LogP contribution in [-0.4, -0.2) is 0 Å². The Labute approximate surface area is 80.1 Å². The SMILES string of the molecule is CCCC[C@H](N)c1cc(C)c(C)o1. The van der Waals surface area contributed by atoms with Crippen molar-refractivity contribution in [3.8, 4) is 0 Å². The highest BCUT2D eigenvalue weighted by molar-refractivity contribution is 5.20. The topological polar surface area (TPSA) is 39.2 Å². The Bertz CT molecular complexity index is 246. The summed E-state index contributed by atoms with van der Waals surface area (Å²) >= 11 is 0. The normalized spacial score (nSPS) is 13.2. The van der Waals surface area contributed by atoms with Crippen molar-refractivity contribution in [2.75, 3.05) is 0 Å². The monoisotopic (exact) mass is 181 g/mol. The summed E-state index contributed by atoms with van der Waals surface area (Å²) in [6.07, 6.45) is 3.37. The maximum absolute atomic E-state index is 5.97. The van der Waals surface area contributed by atoms with Crippen molar-refractivity contribution in [1.29, 1.82) is 0 Å². The molecule has 74 valence electrons. The number of hydrogen-bond acceptors (Lipinski definition) is 2. The fourth-order valence-electron chi connectivity index (χ4n) is 1.35. The molecular formula is C11H19NO. The molecule has 2 N–H and O–H groups in total. The summed E-state index contributed by atoms with van der Waals surface area (Å²) in [6.45, 7) is 6.20. The summed E-state index contributed by atoms with van der Waals surface area (Å²) in [6, 6.07) is 2.13. The number of unbranched alkanes of at least 4 members (excludes halogenated alkanes) is 1. The third-order valence-electron chi connectivity index (χ3n) is 2.42.